The normalized spacial score (nSPS) is 24.1. The SMILES string of the molecule is CC1C=CC=CC1=C=O. The molecule has 0 saturated heterocycles. The van der Waals surface area contributed by atoms with E-state index in [4.69, 9.17) is 0 Å². The monoisotopic (exact) mass is 120 g/mol. The third kappa shape index (κ3) is 1.18. The lowest BCUT2D eigenvalue weighted by atomic mass is 9.98. The lowest BCUT2D eigenvalue weighted by Crippen LogP contribution is -1.95. The Morgan fingerprint density at radius 2 is 2.33 bits per heavy atom. The van der Waals surface area contributed by atoms with E-state index >= 15 is 0 Å². The minimum absolute atomic E-state index is 0.243. The maximum atomic E-state index is 10.1. The fourth-order valence-corrected chi connectivity index (χ4v) is 0.772. The molecule has 46 valence electrons. The molecule has 9 heavy (non-hydrogen) atoms. The zero-order chi connectivity index (χ0) is 6.69. The molecule has 0 saturated carbocycles. The van der Waals surface area contributed by atoms with Crippen molar-refractivity contribution in [1.29, 1.82) is 0 Å². The highest BCUT2D eigenvalue weighted by Crippen LogP contribution is 2.13. The molecule has 0 amide bonds. The fraction of sp³-hybridized carbons (Fsp3) is 0.250. The average molecular weight is 120 g/mol. The van der Waals surface area contributed by atoms with Crippen LogP contribution in [0.3, 0.4) is 0 Å². The topological polar surface area (TPSA) is 17.1 Å². The van der Waals surface area contributed by atoms with Crippen molar-refractivity contribution in [2.24, 2.45) is 5.92 Å². The first-order chi connectivity index (χ1) is 4.34. The first kappa shape index (κ1) is 6.06. The summed E-state index contributed by atoms with van der Waals surface area (Å²) in [7, 11) is 0. The van der Waals surface area contributed by atoms with Crippen LogP contribution in [0.4, 0.5) is 0 Å². The van der Waals surface area contributed by atoms with Gasteiger partial charge in [-0.1, -0.05) is 25.2 Å². The lowest BCUT2D eigenvalue weighted by molar-refractivity contribution is 0.565. The van der Waals surface area contributed by atoms with Crippen molar-refractivity contribution in [1.82, 2.24) is 0 Å². The Labute approximate surface area is 54.4 Å². The number of rotatable bonds is 0. The van der Waals surface area contributed by atoms with Crippen molar-refractivity contribution in [3.05, 3.63) is 29.9 Å². The van der Waals surface area contributed by atoms with E-state index in [9.17, 15) is 4.79 Å². The summed E-state index contributed by atoms with van der Waals surface area (Å²) in [5.41, 5.74) is 0.734. The van der Waals surface area contributed by atoms with Gasteiger partial charge in [0.1, 0.15) is 5.94 Å². The minimum atomic E-state index is 0.243. The largest absolute Gasteiger partial charge is 0.233 e. The summed E-state index contributed by atoms with van der Waals surface area (Å²) in [6.07, 6.45) is 7.55. The molecule has 0 spiro atoms. The predicted molar refractivity (Wildman–Crippen MR) is 36.7 cm³/mol. The van der Waals surface area contributed by atoms with Crippen molar-refractivity contribution in [2.75, 3.05) is 0 Å². The molecule has 0 aromatic rings. The van der Waals surface area contributed by atoms with Crippen LogP contribution in [0.2, 0.25) is 0 Å². The first-order valence-electron chi connectivity index (χ1n) is 2.94. The first-order valence-corrected chi connectivity index (χ1v) is 2.94. The second-order valence-corrected chi connectivity index (χ2v) is 2.09. The van der Waals surface area contributed by atoms with Crippen LogP contribution in [-0.2, 0) is 4.79 Å². The maximum absolute atomic E-state index is 10.1. The zero-order valence-corrected chi connectivity index (χ0v) is 5.29. The van der Waals surface area contributed by atoms with Gasteiger partial charge in [0.2, 0.25) is 0 Å². The second kappa shape index (κ2) is 2.47. The molecule has 1 aliphatic carbocycles. The quantitative estimate of drug-likeness (QED) is 0.443. The zero-order valence-electron chi connectivity index (χ0n) is 5.29. The van der Waals surface area contributed by atoms with Crippen LogP contribution in [0.1, 0.15) is 6.92 Å². The van der Waals surface area contributed by atoms with Gasteiger partial charge in [0.15, 0.2) is 0 Å². The third-order valence-corrected chi connectivity index (χ3v) is 1.40. The number of hydrogen-bond acceptors (Lipinski definition) is 1. The van der Waals surface area contributed by atoms with Crippen molar-refractivity contribution in [3.63, 3.8) is 0 Å². The highest BCUT2D eigenvalue weighted by Gasteiger charge is 2.03. The molecule has 0 heterocycles. The summed E-state index contributed by atoms with van der Waals surface area (Å²) in [6, 6.07) is 0. The van der Waals surface area contributed by atoms with Crippen molar-refractivity contribution >= 4 is 5.94 Å². The molecule has 0 fully saturated rings. The van der Waals surface area contributed by atoms with Gasteiger partial charge in [0.05, 0.1) is 0 Å². The summed E-state index contributed by atoms with van der Waals surface area (Å²) in [5.74, 6) is 2.13. The number of allylic oxidation sites excluding steroid dienone is 5. The Morgan fingerprint density at radius 3 is 2.78 bits per heavy atom. The molecule has 1 heteroatoms. The van der Waals surface area contributed by atoms with E-state index in [2.05, 4.69) is 0 Å². The maximum Gasteiger partial charge on any atom is 0.128 e. The van der Waals surface area contributed by atoms with Gasteiger partial charge in [-0.3, -0.25) is 0 Å². The van der Waals surface area contributed by atoms with Crippen LogP contribution in [-0.4, -0.2) is 5.94 Å². The Morgan fingerprint density at radius 1 is 1.56 bits per heavy atom. The van der Waals surface area contributed by atoms with Crippen LogP contribution in [0, 0.1) is 5.92 Å². The van der Waals surface area contributed by atoms with Crippen molar-refractivity contribution in [3.8, 4) is 0 Å². The highest BCUT2D eigenvalue weighted by molar-refractivity contribution is 5.60. The van der Waals surface area contributed by atoms with Gasteiger partial charge in [0, 0.05) is 11.5 Å². The van der Waals surface area contributed by atoms with E-state index in [0.717, 1.165) is 5.57 Å². The van der Waals surface area contributed by atoms with Crippen LogP contribution < -0.4 is 0 Å². The minimum Gasteiger partial charge on any atom is -0.233 e. The summed E-state index contributed by atoms with van der Waals surface area (Å²) in [4.78, 5) is 10.1. The van der Waals surface area contributed by atoms with E-state index < -0.39 is 0 Å². The van der Waals surface area contributed by atoms with Gasteiger partial charge >= 0.3 is 0 Å². The molecule has 0 aliphatic heterocycles. The van der Waals surface area contributed by atoms with E-state index in [1.54, 1.807) is 6.08 Å². The number of hydrogen-bond donors (Lipinski definition) is 0. The molecule has 0 bridgehead atoms. The Bertz CT molecular complexity index is 205. The molecule has 1 aliphatic rings. The molecule has 0 N–H and O–H groups in total. The predicted octanol–water partition coefficient (Wildman–Crippen LogP) is 1.51. The van der Waals surface area contributed by atoms with Crippen LogP contribution in [0.5, 0.6) is 0 Å². The summed E-state index contributed by atoms with van der Waals surface area (Å²) in [6.45, 7) is 1.97. The second-order valence-electron chi connectivity index (χ2n) is 2.09. The molecule has 0 aromatic heterocycles. The van der Waals surface area contributed by atoms with Crippen molar-refractivity contribution < 1.29 is 4.79 Å². The van der Waals surface area contributed by atoms with Gasteiger partial charge in [-0.2, -0.15) is 0 Å². The van der Waals surface area contributed by atoms with Gasteiger partial charge < -0.3 is 0 Å². The van der Waals surface area contributed by atoms with Gasteiger partial charge in [-0.15, -0.1) is 0 Å². The summed E-state index contributed by atoms with van der Waals surface area (Å²) >= 11 is 0. The van der Waals surface area contributed by atoms with E-state index in [1.807, 2.05) is 31.1 Å². The number of carbonyl (C=O) groups excluding carboxylic acids is 1. The van der Waals surface area contributed by atoms with Crippen LogP contribution >= 0.6 is 0 Å². The molecule has 0 radical (unpaired) electrons. The van der Waals surface area contributed by atoms with E-state index in [1.165, 1.54) is 0 Å². The molecule has 1 nitrogen and oxygen atoms in total. The van der Waals surface area contributed by atoms with Crippen LogP contribution in [0.25, 0.3) is 0 Å². The molecular weight excluding hydrogens is 112 g/mol. The molecule has 0 aromatic carbocycles. The molecule has 1 rings (SSSR count). The van der Waals surface area contributed by atoms with Gasteiger partial charge in [0.25, 0.3) is 0 Å². The smallest absolute Gasteiger partial charge is 0.128 e. The van der Waals surface area contributed by atoms with E-state index in [-0.39, 0.29) is 5.92 Å². The Balaban J connectivity index is 2.90. The Kier molecular flexibility index (Phi) is 1.66. The van der Waals surface area contributed by atoms with Gasteiger partial charge in [-0.05, 0) is 6.08 Å². The van der Waals surface area contributed by atoms with Gasteiger partial charge in [-0.25, -0.2) is 4.79 Å². The van der Waals surface area contributed by atoms with E-state index in [0.29, 0.717) is 0 Å². The molecule has 1 unspecified atom stereocenters. The highest BCUT2D eigenvalue weighted by atomic mass is 16.1. The average Bonchev–Trinajstić information content (AvgIpc) is 1.89. The van der Waals surface area contributed by atoms with Crippen molar-refractivity contribution in [2.45, 2.75) is 6.92 Å². The third-order valence-electron chi connectivity index (χ3n) is 1.40. The summed E-state index contributed by atoms with van der Waals surface area (Å²) in [5, 5.41) is 0. The lowest BCUT2D eigenvalue weighted by Gasteiger charge is -2.04. The fourth-order valence-electron chi connectivity index (χ4n) is 0.772. The molecule has 1 atom stereocenters. The van der Waals surface area contributed by atoms with Crippen LogP contribution in [0.15, 0.2) is 29.9 Å². The molecular formula is C8H8O. The summed E-state index contributed by atoms with van der Waals surface area (Å²) < 4.78 is 0. The standard InChI is InChI=1S/C8H8O/c1-7-4-2-3-5-8(7)6-9/h2-5,7H,1H3. The Hall–Kier alpha value is -1.07.